The number of hydrogen-bond donors (Lipinski definition) is 0. The lowest BCUT2D eigenvalue weighted by Gasteiger charge is -2.04. The van der Waals surface area contributed by atoms with E-state index in [1.54, 1.807) is 13.0 Å². The molecule has 2 rings (SSSR count). The number of aromatic nitrogens is 3. The van der Waals surface area contributed by atoms with E-state index in [1.165, 1.54) is 4.52 Å². The van der Waals surface area contributed by atoms with Crippen molar-refractivity contribution in [2.24, 2.45) is 0 Å². The molecule has 0 saturated heterocycles. The molecule has 0 saturated carbocycles. The Hall–Kier alpha value is -1.23. The molecule has 0 atom stereocenters. The van der Waals surface area contributed by atoms with Gasteiger partial charge in [0.05, 0.1) is 11.2 Å². The molecule has 0 bridgehead atoms. The SMILES string of the molecule is Cc1cc(Cl)n2nc(C(F)F)nc(C)c12. The summed E-state index contributed by atoms with van der Waals surface area (Å²) in [5, 5.41) is 3.99. The lowest BCUT2D eigenvalue weighted by Crippen LogP contribution is -2.04. The van der Waals surface area contributed by atoms with Gasteiger partial charge in [0.2, 0.25) is 5.82 Å². The Balaban J connectivity index is 2.81. The fourth-order valence-corrected chi connectivity index (χ4v) is 1.85. The number of fused-ring (bicyclic) bond motifs is 1. The summed E-state index contributed by atoms with van der Waals surface area (Å²) >= 11 is 5.85. The van der Waals surface area contributed by atoms with Crippen LogP contribution in [-0.2, 0) is 0 Å². The smallest absolute Gasteiger partial charge is 0.229 e. The van der Waals surface area contributed by atoms with Crippen molar-refractivity contribution in [1.82, 2.24) is 14.6 Å². The van der Waals surface area contributed by atoms with Crippen LogP contribution in [0.25, 0.3) is 5.52 Å². The van der Waals surface area contributed by atoms with Crippen molar-refractivity contribution in [1.29, 1.82) is 0 Å². The van der Waals surface area contributed by atoms with Crippen molar-refractivity contribution in [2.75, 3.05) is 0 Å². The van der Waals surface area contributed by atoms with Crippen LogP contribution >= 0.6 is 11.6 Å². The predicted octanol–water partition coefficient (Wildman–Crippen LogP) is 2.94. The second-order valence-corrected chi connectivity index (χ2v) is 3.65. The summed E-state index contributed by atoms with van der Waals surface area (Å²) < 4.78 is 26.2. The van der Waals surface area contributed by atoms with Crippen molar-refractivity contribution in [2.45, 2.75) is 20.3 Å². The standard InChI is InChI=1S/C9H8ClF2N3/c1-4-3-6(10)15-7(4)5(2)13-9(14-15)8(11)12/h3,8H,1-2H3. The fraction of sp³-hybridized carbons (Fsp3) is 0.333. The van der Waals surface area contributed by atoms with E-state index in [0.717, 1.165) is 5.56 Å². The average molecular weight is 232 g/mol. The van der Waals surface area contributed by atoms with Gasteiger partial charge < -0.3 is 0 Å². The van der Waals surface area contributed by atoms with Gasteiger partial charge >= 0.3 is 0 Å². The summed E-state index contributed by atoms with van der Waals surface area (Å²) in [4.78, 5) is 3.73. The van der Waals surface area contributed by atoms with Crippen molar-refractivity contribution in [3.05, 3.63) is 28.3 Å². The molecule has 80 valence electrons. The number of alkyl halides is 2. The zero-order chi connectivity index (χ0) is 11.2. The van der Waals surface area contributed by atoms with E-state index in [1.807, 2.05) is 6.92 Å². The molecule has 0 N–H and O–H groups in total. The van der Waals surface area contributed by atoms with E-state index >= 15 is 0 Å². The molecule has 0 spiro atoms. The second-order valence-electron chi connectivity index (χ2n) is 3.27. The largest absolute Gasteiger partial charge is 0.299 e. The molecule has 0 unspecified atom stereocenters. The molecule has 2 aromatic rings. The summed E-state index contributed by atoms with van der Waals surface area (Å²) in [5.74, 6) is -0.502. The Labute approximate surface area is 89.7 Å². The van der Waals surface area contributed by atoms with Crippen LogP contribution in [0.3, 0.4) is 0 Å². The first-order valence-corrected chi connectivity index (χ1v) is 4.69. The second kappa shape index (κ2) is 3.41. The Bertz CT molecular complexity index is 522. The Morgan fingerprint density at radius 3 is 2.67 bits per heavy atom. The quantitative estimate of drug-likeness (QED) is 0.755. The number of aryl methyl sites for hydroxylation is 2. The van der Waals surface area contributed by atoms with Crippen LogP contribution in [0.5, 0.6) is 0 Å². The number of rotatable bonds is 1. The minimum Gasteiger partial charge on any atom is -0.229 e. The molecule has 3 nitrogen and oxygen atoms in total. The molecule has 0 aliphatic rings. The highest BCUT2D eigenvalue weighted by Gasteiger charge is 2.16. The van der Waals surface area contributed by atoms with Gasteiger partial charge in [-0.2, -0.15) is 0 Å². The molecule has 0 aliphatic carbocycles. The van der Waals surface area contributed by atoms with Crippen LogP contribution in [0.1, 0.15) is 23.5 Å². The van der Waals surface area contributed by atoms with Crippen LogP contribution in [0.15, 0.2) is 6.07 Å². The van der Waals surface area contributed by atoms with Gasteiger partial charge in [0.1, 0.15) is 5.15 Å². The lowest BCUT2D eigenvalue weighted by molar-refractivity contribution is 0.138. The molecule has 0 amide bonds. The van der Waals surface area contributed by atoms with Gasteiger partial charge in [-0.25, -0.2) is 18.3 Å². The number of halogens is 3. The summed E-state index contributed by atoms with van der Waals surface area (Å²) in [7, 11) is 0. The maximum Gasteiger partial charge on any atom is 0.299 e. The van der Waals surface area contributed by atoms with Gasteiger partial charge in [-0.15, -0.1) is 5.10 Å². The molecule has 0 aliphatic heterocycles. The molecule has 0 aromatic carbocycles. The molecule has 2 aromatic heterocycles. The molecule has 0 fully saturated rings. The van der Waals surface area contributed by atoms with E-state index < -0.39 is 12.2 Å². The summed E-state index contributed by atoms with van der Waals surface area (Å²) in [6.45, 7) is 3.49. The van der Waals surface area contributed by atoms with Crippen molar-refractivity contribution in [3.8, 4) is 0 Å². The summed E-state index contributed by atoms with van der Waals surface area (Å²) in [6.07, 6.45) is -2.69. The first-order valence-electron chi connectivity index (χ1n) is 4.31. The first kappa shape index (κ1) is 10.3. The monoisotopic (exact) mass is 231 g/mol. The van der Waals surface area contributed by atoms with Crippen molar-refractivity contribution in [3.63, 3.8) is 0 Å². The molecular weight excluding hydrogens is 224 g/mol. The summed E-state index contributed by atoms with van der Waals surface area (Å²) in [6, 6.07) is 1.67. The number of nitrogens with zero attached hydrogens (tertiary/aromatic N) is 3. The van der Waals surface area contributed by atoms with Crippen LogP contribution in [0.4, 0.5) is 8.78 Å². The summed E-state index contributed by atoms with van der Waals surface area (Å²) in [5.41, 5.74) is 2.06. The topological polar surface area (TPSA) is 30.2 Å². The lowest BCUT2D eigenvalue weighted by atomic mass is 10.3. The fourth-order valence-electron chi connectivity index (χ4n) is 1.56. The first-order chi connectivity index (χ1) is 7.00. The van der Waals surface area contributed by atoms with Gasteiger partial charge in [0.25, 0.3) is 6.43 Å². The van der Waals surface area contributed by atoms with E-state index in [9.17, 15) is 8.78 Å². The molecular formula is C9H8ClF2N3. The third kappa shape index (κ3) is 1.56. The normalized spacial score (nSPS) is 11.6. The third-order valence-corrected chi connectivity index (χ3v) is 2.42. The van der Waals surface area contributed by atoms with Gasteiger partial charge in [0, 0.05) is 0 Å². The molecule has 15 heavy (non-hydrogen) atoms. The zero-order valence-electron chi connectivity index (χ0n) is 8.13. The van der Waals surface area contributed by atoms with Crippen molar-refractivity contribution < 1.29 is 8.78 Å². The van der Waals surface area contributed by atoms with Crippen LogP contribution < -0.4 is 0 Å². The van der Waals surface area contributed by atoms with Crippen LogP contribution in [-0.4, -0.2) is 14.6 Å². The maximum absolute atomic E-state index is 12.4. The van der Waals surface area contributed by atoms with E-state index in [-0.39, 0.29) is 0 Å². The Morgan fingerprint density at radius 2 is 2.07 bits per heavy atom. The highest BCUT2D eigenvalue weighted by Crippen LogP contribution is 2.23. The van der Waals surface area contributed by atoms with Gasteiger partial charge in [-0.05, 0) is 25.5 Å². The minimum absolute atomic E-state index is 0.315. The van der Waals surface area contributed by atoms with Gasteiger partial charge in [-0.1, -0.05) is 11.6 Å². The van der Waals surface area contributed by atoms with E-state index in [2.05, 4.69) is 10.1 Å². The molecule has 6 heteroatoms. The predicted molar refractivity (Wildman–Crippen MR) is 52.4 cm³/mol. The average Bonchev–Trinajstić information content (AvgIpc) is 2.42. The molecule has 2 heterocycles. The Kier molecular flexibility index (Phi) is 2.34. The highest BCUT2D eigenvalue weighted by molar-refractivity contribution is 6.30. The minimum atomic E-state index is -2.69. The van der Waals surface area contributed by atoms with Gasteiger partial charge in [0.15, 0.2) is 0 Å². The van der Waals surface area contributed by atoms with Crippen LogP contribution in [0, 0.1) is 13.8 Å². The molecule has 0 radical (unpaired) electrons. The number of hydrogen-bond acceptors (Lipinski definition) is 2. The highest BCUT2D eigenvalue weighted by atomic mass is 35.5. The van der Waals surface area contributed by atoms with Gasteiger partial charge in [-0.3, -0.25) is 0 Å². The maximum atomic E-state index is 12.4. The third-order valence-electron chi connectivity index (χ3n) is 2.15. The van der Waals surface area contributed by atoms with Crippen molar-refractivity contribution >= 4 is 17.1 Å². The Morgan fingerprint density at radius 1 is 1.40 bits per heavy atom. The van der Waals surface area contributed by atoms with E-state index in [0.29, 0.717) is 16.4 Å². The van der Waals surface area contributed by atoms with E-state index in [4.69, 9.17) is 11.6 Å². The zero-order valence-corrected chi connectivity index (χ0v) is 8.89. The van der Waals surface area contributed by atoms with Crippen LogP contribution in [0.2, 0.25) is 5.15 Å².